The number of nitrogens with zero attached hydrogens (tertiary/aromatic N) is 2. The molecule has 0 unspecified atom stereocenters. The first-order valence-corrected chi connectivity index (χ1v) is 10.9. The molecular weight excluding hydrogens is 391 g/mol. The van der Waals surface area contributed by atoms with Crippen molar-refractivity contribution in [1.82, 2.24) is 9.88 Å². The topological polar surface area (TPSA) is 65.4 Å². The number of hydrogen-bond acceptors (Lipinski definition) is 3. The Balaban J connectivity index is 1.23. The van der Waals surface area contributed by atoms with Crippen molar-refractivity contribution in [3.63, 3.8) is 0 Å². The van der Waals surface area contributed by atoms with Gasteiger partial charge in [-0.05, 0) is 66.8 Å². The zero-order chi connectivity index (χ0) is 21.4. The van der Waals surface area contributed by atoms with Crippen LogP contribution >= 0.6 is 0 Å². The first-order chi connectivity index (χ1) is 15.1. The van der Waals surface area contributed by atoms with Gasteiger partial charge in [0.05, 0.1) is 0 Å². The predicted octanol–water partition coefficient (Wildman–Crippen LogP) is 3.95. The number of primary amides is 1. The molecule has 5 nitrogen and oxygen atoms in total. The lowest BCUT2D eigenvalue weighted by atomic mass is 9.98. The SMILES string of the molecule is NC(=O)c1ccc2c(c1)CCCN2CCN1CC=C(c2c[nH]c3cc(F)ccc23)CC1. The number of aromatic amines is 1. The van der Waals surface area contributed by atoms with E-state index in [1.165, 1.54) is 28.5 Å². The largest absolute Gasteiger partial charge is 0.370 e. The zero-order valence-electron chi connectivity index (χ0n) is 17.5. The van der Waals surface area contributed by atoms with E-state index in [9.17, 15) is 9.18 Å². The summed E-state index contributed by atoms with van der Waals surface area (Å²) in [7, 11) is 0. The lowest BCUT2D eigenvalue weighted by molar-refractivity contribution is 0.1000. The van der Waals surface area contributed by atoms with Gasteiger partial charge in [0.1, 0.15) is 5.82 Å². The van der Waals surface area contributed by atoms with E-state index >= 15 is 0 Å². The van der Waals surface area contributed by atoms with Gasteiger partial charge in [-0.3, -0.25) is 9.69 Å². The van der Waals surface area contributed by atoms with Gasteiger partial charge in [-0.25, -0.2) is 4.39 Å². The summed E-state index contributed by atoms with van der Waals surface area (Å²) in [6.45, 7) is 4.95. The smallest absolute Gasteiger partial charge is 0.248 e. The fourth-order valence-electron chi connectivity index (χ4n) is 4.85. The molecule has 0 bridgehead atoms. The van der Waals surface area contributed by atoms with Crippen LogP contribution in [0.3, 0.4) is 0 Å². The number of benzene rings is 2. The zero-order valence-corrected chi connectivity index (χ0v) is 17.5. The molecule has 3 N–H and O–H groups in total. The lowest BCUT2D eigenvalue weighted by Gasteiger charge is -2.34. The Morgan fingerprint density at radius 1 is 1.10 bits per heavy atom. The molecule has 6 heteroatoms. The summed E-state index contributed by atoms with van der Waals surface area (Å²) in [5.74, 6) is -0.578. The highest BCUT2D eigenvalue weighted by Crippen LogP contribution is 2.30. The summed E-state index contributed by atoms with van der Waals surface area (Å²) < 4.78 is 13.5. The van der Waals surface area contributed by atoms with Gasteiger partial charge in [-0.15, -0.1) is 0 Å². The Bertz CT molecular complexity index is 1170. The highest BCUT2D eigenvalue weighted by Gasteiger charge is 2.20. The van der Waals surface area contributed by atoms with Gasteiger partial charge in [-0.1, -0.05) is 6.08 Å². The molecule has 0 spiro atoms. The van der Waals surface area contributed by atoms with Crippen molar-refractivity contribution in [2.45, 2.75) is 19.3 Å². The minimum absolute atomic E-state index is 0.213. The summed E-state index contributed by atoms with van der Waals surface area (Å²) in [4.78, 5) is 19.6. The van der Waals surface area contributed by atoms with E-state index in [4.69, 9.17) is 5.73 Å². The standard InChI is InChI=1S/C25H27FN4O/c26-20-4-5-21-22(16-28-23(21)15-20)17-7-10-29(11-8-17)12-13-30-9-1-2-18-14-19(25(27)31)3-6-24(18)30/h3-7,14-16,28H,1-2,8-13H2,(H2,27,31). The number of aromatic nitrogens is 1. The normalized spacial score (nSPS) is 16.9. The van der Waals surface area contributed by atoms with Crippen molar-refractivity contribution < 1.29 is 9.18 Å². The average molecular weight is 419 g/mol. The minimum Gasteiger partial charge on any atom is -0.370 e. The van der Waals surface area contributed by atoms with Crippen LogP contribution in [0, 0.1) is 5.82 Å². The number of carbonyl (C=O) groups excluding carboxylic acids is 1. The number of carbonyl (C=O) groups is 1. The third-order valence-electron chi connectivity index (χ3n) is 6.55. The molecule has 3 aromatic rings. The molecule has 0 atom stereocenters. The number of nitrogens with two attached hydrogens (primary N) is 1. The van der Waals surface area contributed by atoms with E-state index in [2.05, 4.69) is 20.9 Å². The van der Waals surface area contributed by atoms with Gasteiger partial charge < -0.3 is 15.6 Å². The molecule has 160 valence electrons. The van der Waals surface area contributed by atoms with Crippen LogP contribution < -0.4 is 10.6 Å². The van der Waals surface area contributed by atoms with Gasteiger partial charge in [-0.2, -0.15) is 0 Å². The fourth-order valence-corrected chi connectivity index (χ4v) is 4.85. The van der Waals surface area contributed by atoms with Gasteiger partial charge >= 0.3 is 0 Å². The minimum atomic E-state index is -0.365. The number of halogens is 1. The summed E-state index contributed by atoms with van der Waals surface area (Å²) in [6.07, 6.45) is 7.38. The Kier molecular flexibility index (Phi) is 5.24. The maximum Gasteiger partial charge on any atom is 0.248 e. The van der Waals surface area contributed by atoms with E-state index in [0.29, 0.717) is 5.56 Å². The molecule has 0 saturated carbocycles. The molecule has 0 saturated heterocycles. The molecule has 2 aliphatic heterocycles. The van der Waals surface area contributed by atoms with E-state index in [0.717, 1.165) is 62.9 Å². The number of rotatable bonds is 5. The third kappa shape index (κ3) is 3.95. The van der Waals surface area contributed by atoms with Crippen LogP contribution in [0.4, 0.5) is 10.1 Å². The van der Waals surface area contributed by atoms with Crippen LogP contribution in [-0.4, -0.2) is 48.5 Å². The van der Waals surface area contributed by atoms with Crippen molar-refractivity contribution >= 4 is 28.1 Å². The number of H-pyrrole nitrogens is 1. The van der Waals surface area contributed by atoms with E-state index in [1.54, 1.807) is 6.07 Å². The van der Waals surface area contributed by atoms with E-state index < -0.39 is 0 Å². The quantitative estimate of drug-likeness (QED) is 0.659. The maximum atomic E-state index is 13.5. The van der Waals surface area contributed by atoms with Gasteiger partial charge in [0.25, 0.3) is 0 Å². The fraction of sp³-hybridized carbons (Fsp3) is 0.320. The van der Waals surface area contributed by atoms with Gasteiger partial charge in [0.2, 0.25) is 5.91 Å². The number of nitrogens with one attached hydrogen (secondary N) is 1. The van der Waals surface area contributed by atoms with Crippen molar-refractivity contribution in [1.29, 1.82) is 0 Å². The van der Waals surface area contributed by atoms with Crippen LogP contribution in [0.5, 0.6) is 0 Å². The highest BCUT2D eigenvalue weighted by molar-refractivity contribution is 5.94. The Hall–Kier alpha value is -3.12. The molecule has 1 aromatic heterocycles. The maximum absolute atomic E-state index is 13.5. The average Bonchev–Trinajstić information content (AvgIpc) is 3.20. The highest BCUT2D eigenvalue weighted by atomic mass is 19.1. The Morgan fingerprint density at radius 2 is 2.00 bits per heavy atom. The summed E-state index contributed by atoms with van der Waals surface area (Å²) >= 11 is 0. The molecule has 1 amide bonds. The van der Waals surface area contributed by atoms with E-state index in [1.807, 2.05) is 30.5 Å². The van der Waals surface area contributed by atoms with Crippen LogP contribution in [-0.2, 0) is 6.42 Å². The monoisotopic (exact) mass is 418 g/mol. The van der Waals surface area contributed by atoms with Crippen LogP contribution in [0.1, 0.15) is 34.3 Å². The van der Waals surface area contributed by atoms with E-state index in [-0.39, 0.29) is 11.7 Å². The number of anilines is 1. The van der Waals surface area contributed by atoms with Crippen LogP contribution in [0.15, 0.2) is 48.7 Å². The molecule has 2 aliphatic rings. The molecule has 0 radical (unpaired) electrons. The summed E-state index contributed by atoms with van der Waals surface area (Å²) in [5, 5.41) is 1.08. The number of amides is 1. The number of aryl methyl sites for hydroxylation is 1. The molecule has 31 heavy (non-hydrogen) atoms. The van der Waals surface area contributed by atoms with Gasteiger partial charge in [0.15, 0.2) is 0 Å². The first kappa shape index (κ1) is 19.8. The molecule has 2 aromatic carbocycles. The second-order valence-electron chi connectivity index (χ2n) is 8.47. The van der Waals surface area contributed by atoms with Crippen molar-refractivity contribution in [2.24, 2.45) is 5.73 Å². The lowest BCUT2D eigenvalue weighted by Crippen LogP contribution is -2.39. The second kappa shape index (κ2) is 8.19. The third-order valence-corrected chi connectivity index (χ3v) is 6.55. The van der Waals surface area contributed by atoms with Crippen molar-refractivity contribution in [3.05, 3.63) is 71.2 Å². The van der Waals surface area contributed by atoms with Crippen molar-refractivity contribution in [3.8, 4) is 0 Å². The molecular formula is C25H27FN4O. The Morgan fingerprint density at radius 3 is 2.81 bits per heavy atom. The van der Waals surface area contributed by atoms with Crippen molar-refractivity contribution in [2.75, 3.05) is 37.6 Å². The molecule has 0 aliphatic carbocycles. The van der Waals surface area contributed by atoms with Crippen LogP contribution in [0.2, 0.25) is 0 Å². The molecule has 5 rings (SSSR count). The summed E-state index contributed by atoms with van der Waals surface area (Å²) in [6, 6.07) is 10.8. The Labute approximate surface area is 181 Å². The molecule has 0 fully saturated rings. The molecule has 3 heterocycles. The van der Waals surface area contributed by atoms with Crippen LogP contribution in [0.25, 0.3) is 16.5 Å². The predicted molar refractivity (Wildman–Crippen MR) is 123 cm³/mol. The second-order valence-corrected chi connectivity index (χ2v) is 8.47. The van der Waals surface area contributed by atoms with Gasteiger partial charge in [0, 0.05) is 66.6 Å². The summed E-state index contributed by atoms with van der Waals surface area (Å²) in [5.41, 5.74) is 11.8. The number of fused-ring (bicyclic) bond motifs is 2. The number of hydrogen-bond donors (Lipinski definition) is 2. The first-order valence-electron chi connectivity index (χ1n) is 10.9.